The third-order valence-corrected chi connectivity index (χ3v) is 1.53. The van der Waals surface area contributed by atoms with Crippen molar-refractivity contribution in [1.82, 2.24) is 9.78 Å². The molecule has 1 aromatic heterocycles. The predicted molar refractivity (Wildman–Crippen MR) is 42.0 cm³/mol. The normalized spacial score (nSPS) is 12.5. The van der Waals surface area contributed by atoms with Crippen molar-refractivity contribution in [3.63, 3.8) is 0 Å². The zero-order chi connectivity index (χ0) is 10.2. The van der Waals surface area contributed by atoms with Gasteiger partial charge >= 0.3 is 6.18 Å². The SMILES string of the molecule is CC(C)n1nc(N)cc1C(F)(F)F. The van der Waals surface area contributed by atoms with Crippen LogP contribution in [0.5, 0.6) is 0 Å². The van der Waals surface area contributed by atoms with Crippen molar-refractivity contribution in [3.8, 4) is 0 Å². The van der Waals surface area contributed by atoms with Crippen molar-refractivity contribution in [3.05, 3.63) is 11.8 Å². The number of halogens is 3. The smallest absolute Gasteiger partial charge is 0.382 e. The summed E-state index contributed by atoms with van der Waals surface area (Å²) in [5, 5.41) is 3.55. The fraction of sp³-hybridized carbons (Fsp3) is 0.571. The highest BCUT2D eigenvalue weighted by atomic mass is 19.4. The largest absolute Gasteiger partial charge is 0.433 e. The van der Waals surface area contributed by atoms with Crippen LogP contribution in [0.15, 0.2) is 6.07 Å². The van der Waals surface area contributed by atoms with Crippen LogP contribution in [0.1, 0.15) is 25.6 Å². The van der Waals surface area contributed by atoms with Crippen molar-refractivity contribution >= 4 is 5.82 Å². The van der Waals surface area contributed by atoms with E-state index in [4.69, 9.17) is 5.73 Å². The van der Waals surface area contributed by atoms with E-state index in [9.17, 15) is 13.2 Å². The van der Waals surface area contributed by atoms with Crippen LogP contribution in [0.2, 0.25) is 0 Å². The first-order chi connectivity index (χ1) is 5.82. The van der Waals surface area contributed by atoms with Crippen LogP contribution >= 0.6 is 0 Å². The Kier molecular flexibility index (Phi) is 2.23. The first-order valence-corrected chi connectivity index (χ1v) is 3.74. The summed E-state index contributed by atoms with van der Waals surface area (Å²) in [7, 11) is 0. The molecule has 0 radical (unpaired) electrons. The molecule has 0 fully saturated rings. The summed E-state index contributed by atoms with van der Waals surface area (Å²) in [5.41, 5.74) is 4.38. The van der Waals surface area contributed by atoms with Crippen LogP contribution < -0.4 is 5.73 Å². The third-order valence-electron chi connectivity index (χ3n) is 1.53. The quantitative estimate of drug-likeness (QED) is 0.741. The Bertz CT molecular complexity index is 300. The molecule has 1 rings (SSSR count). The Morgan fingerprint density at radius 2 is 2.00 bits per heavy atom. The van der Waals surface area contributed by atoms with Crippen LogP contribution in [0.25, 0.3) is 0 Å². The molecule has 0 atom stereocenters. The molecule has 0 unspecified atom stereocenters. The summed E-state index contributed by atoms with van der Waals surface area (Å²) in [6, 6.07) is 0.480. The molecule has 0 amide bonds. The highest BCUT2D eigenvalue weighted by Crippen LogP contribution is 2.31. The molecule has 0 aromatic carbocycles. The molecule has 13 heavy (non-hydrogen) atoms. The maximum Gasteiger partial charge on any atom is 0.433 e. The molecule has 6 heteroatoms. The molecule has 0 aliphatic rings. The Morgan fingerprint density at radius 1 is 1.46 bits per heavy atom. The van der Waals surface area contributed by atoms with E-state index in [1.807, 2.05) is 0 Å². The van der Waals surface area contributed by atoms with Gasteiger partial charge < -0.3 is 5.73 Å². The van der Waals surface area contributed by atoms with Crippen LogP contribution in [0.4, 0.5) is 19.0 Å². The first-order valence-electron chi connectivity index (χ1n) is 3.74. The van der Waals surface area contributed by atoms with Crippen LogP contribution in [-0.2, 0) is 6.18 Å². The highest BCUT2D eigenvalue weighted by Gasteiger charge is 2.36. The molecular formula is C7H10F3N3. The summed E-state index contributed by atoms with van der Waals surface area (Å²) in [6.45, 7) is 3.23. The number of nitrogens with two attached hydrogens (primary N) is 1. The van der Waals surface area contributed by atoms with Gasteiger partial charge in [-0.1, -0.05) is 0 Å². The zero-order valence-electron chi connectivity index (χ0n) is 7.26. The molecule has 74 valence electrons. The lowest BCUT2D eigenvalue weighted by molar-refractivity contribution is -0.144. The average molecular weight is 193 g/mol. The summed E-state index contributed by atoms with van der Waals surface area (Å²) in [4.78, 5) is 0. The lowest BCUT2D eigenvalue weighted by Gasteiger charge is -2.12. The first kappa shape index (κ1) is 9.88. The number of nitrogens with zero attached hydrogens (tertiary/aromatic N) is 2. The van der Waals surface area contributed by atoms with Crippen LogP contribution in [0, 0.1) is 0 Å². The molecule has 1 aromatic rings. The Labute approximate surface area is 73.3 Å². The zero-order valence-corrected chi connectivity index (χ0v) is 7.26. The van der Waals surface area contributed by atoms with Gasteiger partial charge in [0.15, 0.2) is 0 Å². The molecule has 0 saturated heterocycles. The number of nitrogen functional groups attached to an aromatic ring is 1. The van der Waals surface area contributed by atoms with E-state index in [2.05, 4.69) is 5.10 Å². The van der Waals surface area contributed by atoms with Gasteiger partial charge in [-0.3, -0.25) is 4.68 Å². The fourth-order valence-corrected chi connectivity index (χ4v) is 1.02. The van der Waals surface area contributed by atoms with E-state index < -0.39 is 11.9 Å². The van der Waals surface area contributed by atoms with Crippen molar-refractivity contribution in [2.75, 3.05) is 5.73 Å². The molecule has 2 N–H and O–H groups in total. The van der Waals surface area contributed by atoms with Gasteiger partial charge in [0.2, 0.25) is 0 Å². The molecule has 1 heterocycles. The summed E-state index contributed by atoms with van der Waals surface area (Å²) in [6.07, 6.45) is -4.39. The molecule has 0 saturated carbocycles. The van der Waals surface area contributed by atoms with Gasteiger partial charge in [0.25, 0.3) is 0 Å². The van der Waals surface area contributed by atoms with Gasteiger partial charge in [-0.25, -0.2) is 0 Å². The Morgan fingerprint density at radius 3 is 2.31 bits per heavy atom. The maximum atomic E-state index is 12.3. The number of anilines is 1. The molecule has 0 spiro atoms. The standard InChI is InChI=1S/C7H10F3N3/c1-4(2)13-5(7(8,9)10)3-6(11)12-13/h3-4H,1-2H3,(H2,11,12). The second-order valence-electron chi connectivity index (χ2n) is 2.99. The second-order valence-corrected chi connectivity index (χ2v) is 2.99. The molecule has 3 nitrogen and oxygen atoms in total. The lowest BCUT2D eigenvalue weighted by atomic mass is 10.3. The van der Waals surface area contributed by atoms with Gasteiger partial charge in [-0.2, -0.15) is 18.3 Å². The van der Waals surface area contributed by atoms with Crippen LogP contribution in [-0.4, -0.2) is 9.78 Å². The summed E-state index contributed by atoms with van der Waals surface area (Å²) < 4.78 is 37.8. The van der Waals surface area contributed by atoms with Gasteiger partial charge in [-0.15, -0.1) is 0 Å². The van der Waals surface area contributed by atoms with Gasteiger partial charge in [0.1, 0.15) is 11.5 Å². The fourth-order valence-electron chi connectivity index (χ4n) is 1.02. The number of hydrogen-bond acceptors (Lipinski definition) is 2. The summed E-state index contributed by atoms with van der Waals surface area (Å²) in [5.74, 6) is -0.110. The van der Waals surface area contributed by atoms with Crippen molar-refractivity contribution < 1.29 is 13.2 Å². The molecule has 0 aliphatic heterocycles. The minimum Gasteiger partial charge on any atom is -0.382 e. The topological polar surface area (TPSA) is 43.8 Å². The second kappa shape index (κ2) is 2.93. The number of aromatic nitrogens is 2. The van der Waals surface area contributed by atoms with Crippen molar-refractivity contribution in [1.29, 1.82) is 0 Å². The molecule has 0 bridgehead atoms. The van der Waals surface area contributed by atoms with E-state index >= 15 is 0 Å². The van der Waals surface area contributed by atoms with Crippen LogP contribution in [0.3, 0.4) is 0 Å². The average Bonchev–Trinajstić information content (AvgIpc) is 2.29. The van der Waals surface area contributed by atoms with Gasteiger partial charge in [-0.05, 0) is 13.8 Å². The molecular weight excluding hydrogens is 183 g/mol. The van der Waals surface area contributed by atoms with E-state index in [1.54, 1.807) is 13.8 Å². The lowest BCUT2D eigenvalue weighted by Crippen LogP contribution is -2.16. The number of hydrogen-bond donors (Lipinski definition) is 1. The van der Waals surface area contributed by atoms with Crippen molar-refractivity contribution in [2.24, 2.45) is 0 Å². The van der Waals surface area contributed by atoms with E-state index in [-0.39, 0.29) is 11.9 Å². The van der Waals surface area contributed by atoms with E-state index in [0.29, 0.717) is 0 Å². The third kappa shape index (κ3) is 1.93. The van der Waals surface area contributed by atoms with E-state index in [0.717, 1.165) is 10.7 Å². The Balaban J connectivity index is 3.20. The highest BCUT2D eigenvalue weighted by molar-refractivity contribution is 5.31. The minimum atomic E-state index is -4.39. The summed E-state index contributed by atoms with van der Waals surface area (Å²) >= 11 is 0. The Hall–Kier alpha value is -1.20. The van der Waals surface area contributed by atoms with Gasteiger partial charge in [0.05, 0.1) is 0 Å². The number of rotatable bonds is 1. The van der Waals surface area contributed by atoms with E-state index in [1.165, 1.54) is 0 Å². The van der Waals surface area contributed by atoms with Gasteiger partial charge in [0, 0.05) is 12.1 Å². The predicted octanol–water partition coefficient (Wildman–Crippen LogP) is 2.07. The number of alkyl halides is 3. The minimum absolute atomic E-state index is 0.110. The monoisotopic (exact) mass is 193 g/mol. The van der Waals surface area contributed by atoms with Crippen molar-refractivity contribution in [2.45, 2.75) is 26.1 Å². The molecule has 0 aliphatic carbocycles. The maximum absolute atomic E-state index is 12.3.